The molecule has 1 heterocycles. The first-order valence-corrected chi connectivity index (χ1v) is 8.19. The Morgan fingerprint density at radius 2 is 1.79 bits per heavy atom. The number of piperazine rings is 1. The van der Waals surface area contributed by atoms with Crippen LogP contribution in [0.15, 0.2) is 24.3 Å². The Hall–Kier alpha value is -2.26. The van der Waals surface area contributed by atoms with E-state index < -0.39 is 11.3 Å². The topological polar surface area (TPSA) is 76.4 Å². The van der Waals surface area contributed by atoms with Gasteiger partial charge in [-0.2, -0.15) is 5.26 Å². The number of nitrogens with zero attached hydrogens (tertiary/aromatic N) is 3. The number of anilines is 1. The van der Waals surface area contributed by atoms with Crippen molar-refractivity contribution in [3.05, 3.63) is 29.3 Å². The van der Waals surface area contributed by atoms with E-state index in [2.05, 4.69) is 10.2 Å². The maximum Gasteiger partial charge on any atom is 0.242 e. The highest BCUT2D eigenvalue weighted by Crippen LogP contribution is 2.19. The van der Waals surface area contributed by atoms with Gasteiger partial charge in [0.2, 0.25) is 11.8 Å². The Labute approximate surface area is 147 Å². The van der Waals surface area contributed by atoms with Crippen molar-refractivity contribution in [2.24, 2.45) is 5.41 Å². The Bertz CT molecular complexity index is 644. The highest BCUT2D eigenvalue weighted by molar-refractivity contribution is 6.30. The molecule has 1 saturated heterocycles. The number of nitriles is 1. The van der Waals surface area contributed by atoms with Gasteiger partial charge in [0, 0.05) is 36.9 Å². The van der Waals surface area contributed by atoms with Gasteiger partial charge in [-0.05, 0) is 38.1 Å². The smallest absolute Gasteiger partial charge is 0.242 e. The number of amides is 2. The summed E-state index contributed by atoms with van der Waals surface area (Å²) in [5.74, 6) is -0.564. The fraction of sp³-hybridized carbons (Fsp3) is 0.471. The van der Waals surface area contributed by atoms with Crippen LogP contribution in [-0.4, -0.2) is 49.4 Å². The lowest BCUT2D eigenvalue weighted by molar-refractivity contribution is -0.134. The number of rotatable bonds is 4. The molecule has 0 radical (unpaired) electrons. The van der Waals surface area contributed by atoms with E-state index in [4.69, 9.17) is 16.9 Å². The molecule has 0 aromatic heterocycles. The van der Waals surface area contributed by atoms with E-state index >= 15 is 0 Å². The number of benzene rings is 1. The fourth-order valence-corrected chi connectivity index (χ4v) is 2.53. The third-order valence-electron chi connectivity index (χ3n) is 4.07. The molecule has 0 bridgehead atoms. The molecule has 1 aliphatic rings. The first-order chi connectivity index (χ1) is 11.3. The van der Waals surface area contributed by atoms with Gasteiger partial charge in [0.15, 0.2) is 0 Å². The summed E-state index contributed by atoms with van der Waals surface area (Å²) in [5, 5.41) is 12.1. The van der Waals surface area contributed by atoms with Crippen LogP contribution in [0.5, 0.6) is 0 Å². The largest absolute Gasteiger partial charge is 0.368 e. The molecule has 6 nitrogen and oxygen atoms in total. The summed E-state index contributed by atoms with van der Waals surface area (Å²) in [6.45, 7) is 5.62. The highest BCUT2D eigenvalue weighted by Gasteiger charge is 2.28. The zero-order valence-electron chi connectivity index (χ0n) is 13.9. The minimum atomic E-state index is -1.13. The van der Waals surface area contributed by atoms with Crippen molar-refractivity contribution in [3.8, 4) is 6.07 Å². The maximum atomic E-state index is 12.2. The third kappa shape index (κ3) is 4.39. The molecule has 0 saturated carbocycles. The quantitative estimate of drug-likeness (QED) is 0.897. The summed E-state index contributed by atoms with van der Waals surface area (Å²) in [5.41, 5.74) is -0.0522. The molecule has 128 valence electrons. The molecule has 1 N–H and O–H groups in total. The first-order valence-electron chi connectivity index (χ1n) is 7.81. The van der Waals surface area contributed by atoms with Gasteiger partial charge in [-0.15, -0.1) is 0 Å². The van der Waals surface area contributed by atoms with Gasteiger partial charge in [0.1, 0.15) is 5.41 Å². The van der Waals surface area contributed by atoms with Gasteiger partial charge in [-0.25, -0.2) is 0 Å². The molecule has 7 heteroatoms. The second-order valence-electron chi connectivity index (χ2n) is 6.26. The normalized spacial score (nSPS) is 14.9. The van der Waals surface area contributed by atoms with Crippen molar-refractivity contribution in [1.29, 1.82) is 5.26 Å². The predicted molar refractivity (Wildman–Crippen MR) is 92.6 cm³/mol. The molecule has 0 unspecified atom stereocenters. The van der Waals surface area contributed by atoms with Crippen molar-refractivity contribution in [2.45, 2.75) is 13.8 Å². The monoisotopic (exact) mass is 348 g/mol. The second kappa shape index (κ2) is 7.54. The zero-order valence-corrected chi connectivity index (χ0v) is 14.6. The molecule has 1 aromatic carbocycles. The summed E-state index contributed by atoms with van der Waals surface area (Å²) in [4.78, 5) is 27.9. The Morgan fingerprint density at radius 3 is 2.33 bits per heavy atom. The summed E-state index contributed by atoms with van der Waals surface area (Å²) in [6.07, 6.45) is 0. The first kappa shape index (κ1) is 18.1. The number of carbonyl (C=O) groups excluding carboxylic acids is 2. The Kier molecular flexibility index (Phi) is 5.68. The average molecular weight is 349 g/mol. The van der Waals surface area contributed by atoms with Gasteiger partial charge in [0.25, 0.3) is 0 Å². The molecule has 1 fully saturated rings. The maximum absolute atomic E-state index is 12.2. The van der Waals surface area contributed by atoms with Crippen molar-refractivity contribution in [2.75, 3.05) is 37.6 Å². The van der Waals surface area contributed by atoms with Crippen LogP contribution in [0.25, 0.3) is 0 Å². The molecule has 0 aliphatic carbocycles. The molecule has 0 atom stereocenters. The van der Waals surface area contributed by atoms with Gasteiger partial charge in [-0.1, -0.05) is 11.6 Å². The number of hydrogen-bond donors (Lipinski definition) is 1. The summed E-state index contributed by atoms with van der Waals surface area (Å²) in [6, 6.07) is 9.54. The lowest BCUT2D eigenvalue weighted by Gasteiger charge is -2.36. The number of hydrogen-bond acceptors (Lipinski definition) is 4. The average Bonchev–Trinajstić information content (AvgIpc) is 2.60. The molecule has 0 spiro atoms. The molecule has 24 heavy (non-hydrogen) atoms. The van der Waals surface area contributed by atoms with Crippen molar-refractivity contribution in [3.63, 3.8) is 0 Å². The van der Waals surface area contributed by atoms with Crippen LogP contribution in [0.1, 0.15) is 13.8 Å². The molecule has 2 amide bonds. The number of nitrogens with one attached hydrogen (secondary N) is 1. The molecular weight excluding hydrogens is 328 g/mol. The van der Waals surface area contributed by atoms with Gasteiger partial charge < -0.3 is 15.1 Å². The minimum absolute atomic E-state index is 0.0785. The van der Waals surface area contributed by atoms with Gasteiger partial charge >= 0.3 is 0 Å². The highest BCUT2D eigenvalue weighted by atomic mass is 35.5. The van der Waals surface area contributed by atoms with Crippen LogP contribution < -0.4 is 10.2 Å². The van der Waals surface area contributed by atoms with Crippen molar-refractivity contribution in [1.82, 2.24) is 10.2 Å². The van der Waals surface area contributed by atoms with Crippen molar-refractivity contribution >= 4 is 29.1 Å². The van der Waals surface area contributed by atoms with Gasteiger partial charge in [0.05, 0.1) is 12.6 Å². The van der Waals surface area contributed by atoms with E-state index in [0.717, 1.165) is 18.8 Å². The molecule has 1 aromatic rings. The third-order valence-corrected chi connectivity index (χ3v) is 4.32. The van der Waals surface area contributed by atoms with Crippen LogP contribution in [0.2, 0.25) is 5.02 Å². The summed E-state index contributed by atoms with van der Waals surface area (Å²) >= 11 is 5.89. The SMILES string of the molecule is CC(C)(C#N)C(=O)NCC(=O)N1CCN(c2ccc(Cl)cc2)CC1. The molecule has 2 rings (SSSR count). The van der Waals surface area contributed by atoms with Crippen LogP contribution in [0.3, 0.4) is 0 Å². The van der Waals surface area contributed by atoms with E-state index in [9.17, 15) is 9.59 Å². The Morgan fingerprint density at radius 1 is 1.21 bits per heavy atom. The molecule has 1 aliphatic heterocycles. The summed E-state index contributed by atoms with van der Waals surface area (Å²) in [7, 11) is 0. The van der Waals surface area contributed by atoms with E-state index in [-0.39, 0.29) is 12.5 Å². The van der Waals surface area contributed by atoms with E-state index in [1.165, 1.54) is 13.8 Å². The van der Waals surface area contributed by atoms with Crippen LogP contribution in [0.4, 0.5) is 5.69 Å². The number of carbonyl (C=O) groups is 2. The minimum Gasteiger partial charge on any atom is -0.368 e. The van der Waals surface area contributed by atoms with E-state index in [1.807, 2.05) is 30.3 Å². The predicted octanol–water partition coefficient (Wildman–Crippen LogP) is 1.65. The fourth-order valence-electron chi connectivity index (χ4n) is 2.41. The van der Waals surface area contributed by atoms with Crippen LogP contribution >= 0.6 is 11.6 Å². The van der Waals surface area contributed by atoms with Crippen LogP contribution in [0, 0.1) is 16.7 Å². The van der Waals surface area contributed by atoms with Gasteiger partial charge in [-0.3, -0.25) is 9.59 Å². The molecular formula is C17H21ClN4O2. The zero-order chi connectivity index (χ0) is 17.7. The lowest BCUT2D eigenvalue weighted by Crippen LogP contribution is -2.52. The van der Waals surface area contributed by atoms with E-state index in [0.29, 0.717) is 18.1 Å². The second-order valence-corrected chi connectivity index (χ2v) is 6.70. The van der Waals surface area contributed by atoms with Crippen molar-refractivity contribution < 1.29 is 9.59 Å². The number of halogens is 1. The summed E-state index contributed by atoms with van der Waals surface area (Å²) < 4.78 is 0. The van der Waals surface area contributed by atoms with E-state index in [1.54, 1.807) is 4.90 Å². The lowest BCUT2D eigenvalue weighted by atomic mass is 9.95. The Balaban J connectivity index is 1.82. The van der Waals surface area contributed by atoms with Crippen LogP contribution in [-0.2, 0) is 9.59 Å². The standard InChI is InChI=1S/C17H21ClN4O2/c1-17(2,12-19)16(24)20-11-15(23)22-9-7-21(8-10-22)14-5-3-13(18)4-6-14/h3-6H,7-11H2,1-2H3,(H,20,24).